The first-order chi connectivity index (χ1) is 14.9. The Balaban J connectivity index is 1.61. The Morgan fingerprint density at radius 3 is 2.23 bits per heavy atom. The zero-order valence-electron chi connectivity index (χ0n) is 18.7. The van der Waals surface area contributed by atoms with Crippen LogP contribution in [0.25, 0.3) is 0 Å². The number of nitrogens with one attached hydrogen (secondary N) is 2. The van der Waals surface area contributed by atoms with Gasteiger partial charge in [0.05, 0.1) is 7.11 Å². The lowest BCUT2D eigenvalue weighted by Gasteiger charge is -2.40. The van der Waals surface area contributed by atoms with Crippen molar-refractivity contribution in [3.63, 3.8) is 0 Å². The van der Waals surface area contributed by atoms with Crippen molar-refractivity contribution in [2.24, 2.45) is 0 Å². The molecule has 31 heavy (non-hydrogen) atoms. The SMILES string of the molecule is CNC1(C(=O)Nc2c(C)cc(OC)cc2C)CCN(C(=O)OCc2ccccc2)CC1. The topological polar surface area (TPSA) is 79.9 Å². The summed E-state index contributed by atoms with van der Waals surface area (Å²) in [4.78, 5) is 27.3. The van der Waals surface area contributed by atoms with E-state index >= 15 is 0 Å². The maximum absolute atomic E-state index is 13.2. The van der Waals surface area contributed by atoms with Crippen molar-refractivity contribution in [3.05, 3.63) is 59.2 Å². The number of hydrogen-bond donors (Lipinski definition) is 2. The van der Waals surface area contributed by atoms with Crippen molar-refractivity contribution in [2.45, 2.75) is 38.8 Å². The van der Waals surface area contributed by atoms with Gasteiger partial charge in [-0.05, 0) is 62.6 Å². The molecule has 0 spiro atoms. The summed E-state index contributed by atoms with van der Waals surface area (Å²) in [5, 5.41) is 6.29. The molecule has 1 saturated heterocycles. The molecular formula is C24H31N3O4. The van der Waals surface area contributed by atoms with Crippen molar-refractivity contribution in [3.8, 4) is 5.75 Å². The van der Waals surface area contributed by atoms with Gasteiger partial charge in [-0.15, -0.1) is 0 Å². The van der Waals surface area contributed by atoms with Crippen molar-refractivity contribution in [2.75, 3.05) is 32.6 Å². The van der Waals surface area contributed by atoms with Gasteiger partial charge in [0.2, 0.25) is 5.91 Å². The monoisotopic (exact) mass is 425 g/mol. The van der Waals surface area contributed by atoms with Crippen molar-refractivity contribution in [1.29, 1.82) is 0 Å². The second kappa shape index (κ2) is 9.83. The van der Waals surface area contributed by atoms with Crippen LogP contribution >= 0.6 is 0 Å². The number of carbonyl (C=O) groups is 2. The molecule has 2 aromatic carbocycles. The first kappa shape index (κ1) is 22.6. The predicted molar refractivity (Wildman–Crippen MR) is 120 cm³/mol. The Morgan fingerprint density at radius 1 is 1.06 bits per heavy atom. The Labute approximate surface area is 183 Å². The largest absolute Gasteiger partial charge is 0.497 e. The average Bonchev–Trinajstić information content (AvgIpc) is 2.80. The number of benzene rings is 2. The highest BCUT2D eigenvalue weighted by Crippen LogP contribution is 2.29. The smallest absolute Gasteiger partial charge is 0.410 e. The number of rotatable bonds is 6. The van der Waals surface area contributed by atoms with E-state index in [-0.39, 0.29) is 18.6 Å². The predicted octanol–water partition coefficient (Wildman–Crippen LogP) is 3.64. The molecule has 7 heteroatoms. The van der Waals surface area contributed by atoms with Gasteiger partial charge >= 0.3 is 6.09 Å². The van der Waals surface area contributed by atoms with Gasteiger partial charge in [0.25, 0.3) is 0 Å². The lowest BCUT2D eigenvalue weighted by Crippen LogP contribution is -2.59. The third-order valence-electron chi connectivity index (χ3n) is 5.97. The summed E-state index contributed by atoms with van der Waals surface area (Å²) in [7, 11) is 3.41. The highest BCUT2D eigenvalue weighted by molar-refractivity contribution is 5.99. The minimum atomic E-state index is -0.741. The van der Waals surface area contributed by atoms with E-state index in [1.807, 2.05) is 56.3 Å². The van der Waals surface area contributed by atoms with Crippen LogP contribution in [0.15, 0.2) is 42.5 Å². The van der Waals surface area contributed by atoms with Crippen LogP contribution in [0.2, 0.25) is 0 Å². The summed E-state index contributed by atoms with van der Waals surface area (Å²) < 4.78 is 10.7. The maximum Gasteiger partial charge on any atom is 0.410 e. The summed E-state index contributed by atoms with van der Waals surface area (Å²) >= 11 is 0. The number of anilines is 1. The fourth-order valence-electron chi connectivity index (χ4n) is 3.94. The molecule has 0 unspecified atom stereocenters. The number of likely N-dealkylation sites (tertiary alicyclic amines) is 1. The highest BCUT2D eigenvalue weighted by atomic mass is 16.6. The van der Waals surface area contributed by atoms with Crippen LogP contribution in [0.4, 0.5) is 10.5 Å². The zero-order valence-corrected chi connectivity index (χ0v) is 18.7. The summed E-state index contributed by atoms with van der Waals surface area (Å²) in [5.74, 6) is 0.669. The zero-order chi connectivity index (χ0) is 22.4. The van der Waals surface area contributed by atoms with Crippen LogP contribution < -0.4 is 15.4 Å². The number of nitrogens with zero attached hydrogens (tertiary/aromatic N) is 1. The second-order valence-corrected chi connectivity index (χ2v) is 7.95. The molecule has 166 valence electrons. The van der Waals surface area contributed by atoms with Crippen LogP contribution in [-0.2, 0) is 16.1 Å². The summed E-state index contributed by atoms with van der Waals surface area (Å²) in [6, 6.07) is 13.4. The molecule has 0 saturated carbocycles. The Morgan fingerprint density at radius 2 is 1.68 bits per heavy atom. The highest BCUT2D eigenvalue weighted by Gasteiger charge is 2.41. The quantitative estimate of drug-likeness (QED) is 0.739. The third-order valence-corrected chi connectivity index (χ3v) is 5.97. The molecule has 2 amide bonds. The molecule has 0 bridgehead atoms. The van der Waals surface area contributed by atoms with Crippen LogP contribution in [0.3, 0.4) is 0 Å². The molecule has 3 rings (SSSR count). The fraction of sp³-hybridized carbons (Fsp3) is 0.417. The van der Waals surface area contributed by atoms with E-state index in [1.165, 1.54) is 0 Å². The first-order valence-electron chi connectivity index (χ1n) is 10.5. The molecule has 2 aromatic rings. The van der Waals surface area contributed by atoms with Crippen LogP contribution in [0.5, 0.6) is 5.75 Å². The summed E-state index contributed by atoms with van der Waals surface area (Å²) in [6.45, 7) is 5.03. The molecular weight excluding hydrogens is 394 g/mol. The number of piperidine rings is 1. The molecule has 1 fully saturated rings. The maximum atomic E-state index is 13.2. The Kier molecular flexibility index (Phi) is 7.17. The lowest BCUT2D eigenvalue weighted by molar-refractivity contribution is -0.124. The van der Waals surface area contributed by atoms with Crippen LogP contribution in [-0.4, -0.2) is 49.7 Å². The number of methoxy groups -OCH3 is 1. The number of ether oxygens (including phenoxy) is 2. The van der Waals surface area contributed by atoms with E-state index < -0.39 is 5.54 Å². The number of aryl methyl sites for hydroxylation is 2. The van der Waals surface area contributed by atoms with Gasteiger partial charge in [0.1, 0.15) is 17.9 Å². The Hall–Kier alpha value is -3.06. The number of carbonyl (C=O) groups excluding carboxylic acids is 2. The third kappa shape index (κ3) is 5.17. The molecule has 2 N–H and O–H groups in total. The average molecular weight is 426 g/mol. The first-order valence-corrected chi connectivity index (χ1v) is 10.5. The number of amides is 2. The van der Waals surface area contributed by atoms with Crippen LogP contribution in [0, 0.1) is 13.8 Å². The van der Waals surface area contributed by atoms with Gasteiger partial charge in [-0.3, -0.25) is 4.79 Å². The minimum absolute atomic E-state index is 0.0938. The molecule has 0 aromatic heterocycles. The molecule has 0 radical (unpaired) electrons. The molecule has 7 nitrogen and oxygen atoms in total. The Bertz CT molecular complexity index is 899. The van der Waals surface area contributed by atoms with E-state index in [0.717, 1.165) is 28.1 Å². The van der Waals surface area contributed by atoms with Crippen molar-refractivity contribution >= 4 is 17.7 Å². The van der Waals surface area contributed by atoms with Gasteiger partial charge in [-0.25, -0.2) is 4.79 Å². The molecule has 0 atom stereocenters. The molecule has 1 heterocycles. The van der Waals surface area contributed by atoms with Gasteiger partial charge in [0, 0.05) is 18.8 Å². The molecule has 0 aliphatic carbocycles. The standard InChI is InChI=1S/C24H31N3O4/c1-17-14-20(30-4)15-18(2)21(17)26-22(28)24(25-3)10-12-27(13-11-24)23(29)31-16-19-8-6-5-7-9-19/h5-9,14-15,25H,10-13,16H2,1-4H3,(H,26,28). The number of hydrogen-bond acceptors (Lipinski definition) is 5. The van der Waals surface area contributed by atoms with E-state index in [1.54, 1.807) is 19.1 Å². The second-order valence-electron chi connectivity index (χ2n) is 7.95. The normalized spacial score (nSPS) is 15.3. The van der Waals surface area contributed by atoms with Crippen molar-refractivity contribution < 1.29 is 19.1 Å². The summed E-state index contributed by atoms with van der Waals surface area (Å²) in [6.07, 6.45) is 0.657. The van der Waals surface area contributed by atoms with Crippen LogP contribution in [0.1, 0.15) is 29.5 Å². The number of likely N-dealkylation sites (N-methyl/N-ethyl adjacent to an activating group) is 1. The van der Waals surface area contributed by atoms with E-state index in [4.69, 9.17) is 9.47 Å². The van der Waals surface area contributed by atoms with Gasteiger partial charge in [0.15, 0.2) is 0 Å². The van der Waals surface area contributed by atoms with E-state index in [0.29, 0.717) is 25.9 Å². The van der Waals surface area contributed by atoms with Gasteiger partial charge in [-0.2, -0.15) is 0 Å². The van der Waals surface area contributed by atoms with E-state index in [2.05, 4.69) is 10.6 Å². The fourth-order valence-corrected chi connectivity index (χ4v) is 3.94. The van der Waals surface area contributed by atoms with Gasteiger partial charge in [-0.1, -0.05) is 30.3 Å². The van der Waals surface area contributed by atoms with E-state index in [9.17, 15) is 9.59 Å². The lowest BCUT2D eigenvalue weighted by atomic mass is 9.86. The van der Waals surface area contributed by atoms with Gasteiger partial charge < -0.3 is 25.0 Å². The van der Waals surface area contributed by atoms with Crippen molar-refractivity contribution in [1.82, 2.24) is 10.2 Å². The molecule has 1 aliphatic rings. The minimum Gasteiger partial charge on any atom is -0.497 e. The summed E-state index contributed by atoms with van der Waals surface area (Å²) in [5.41, 5.74) is 2.89. The molecule has 1 aliphatic heterocycles.